The van der Waals surface area contributed by atoms with Crippen molar-refractivity contribution in [2.45, 2.75) is 57.8 Å². The van der Waals surface area contributed by atoms with Gasteiger partial charge in [-0.05, 0) is 51.4 Å². The lowest BCUT2D eigenvalue weighted by molar-refractivity contribution is -0.172. The van der Waals surface area contributed by atoms with Crippen LogP contribution < -0.4 is 5.43 Å². The molecule has 0 aromatic carbocycles. The number of sulfonamides is 1. The number of hydrogen-bond donors (Lipinski definition) is 1. The summed E-state index contributed by atoms with van der Waals surface area (Å²) in [4.78, 5) is 14.5. The molecule has 0 aromatic heterocycles. The highest BCUT2D eigenvalue weighted by molar-refractivity contribution is 7.88. The predicted molar refractivity (Wildman–Crippen MR) is 107 cm³/mol. The molecule has 0 spiro atoms. The molecule has 3 aliphatic rings. The van der Waals surface area contributed by atoms with Crippen LogP contribution in [-0.4, -0.2) is 85.8 Å². The van der Waals surface area contributed by atoms with Crippen molar-refractivity contribution in [3.8, 4) is 0 Å². The Morgan fingerprint density at radius 1 is 1.07 bits per heavy atom. The van der Waals surface area contributed by atoms with E-state index in [9.17, 15) is 26.4 Å². The molecule has 0 radical (unpaired) electrons. The van der Waals surface area contributed by atoms with Gasteiger partial charge in [-0.1, -0.05) is 0 Å². The number of nitrogens with one attached hydrogen (secondary N) is 1. The first-order valence-corrected chi connectivity index (χ1v) is 12.7. The van der Waals surface area contributed by atoms with E-state index >= 15 is 0 Å². The number of alkyl halides is 3. The highest BCUT2D eigenvalue weighted by atomic mass is 32.2. The smallest absolute Gasteiger partial charge is 0.343 e. The van der Waals surface area contributed by atoms with E-state index in [1.54, 1.807) is 18.9 Å². The van der Waals surface area contributed by atoms with Crippen molar-refractivity contribution in [1.82, 2.24) is 19.6 Å². The number of piperidine rings is 2. The minimum Gasteiger partial charge on any atom is -0.343 e. The molecule has 1 amide bonds. The molecule has 1 N–H and O–H groups in total. The van der Waals surface area contributed by atoms with Gasteiger partial charge in [0.15, 0.2) is 0 Å². The number of amides is 1. The lowest BCUT2D eigenvalue weighted by Gasteiger charge is -2.42. The van der Waals surface area contributed by atoms with Crippen LogP contribution in [0.5, 0.6) is 0 Å². The third-order valence-corrected chi connectivity index (χ3v) is 8.41. The van der Waals surface area contributed by atoms with E-state index in [1.807, 2.05) is 0 Å². The van der Waals surface area contributed by atoms with Gasteiger partial charge in [-0.2, -0.15) is 13.2 Å². The van der Waals surface area contributed by atoms with Crippen LogP contribution in [0.4, 0.5) is 13.2 Å². The Hall–Kier alpha value is -0.910. The molecule has 174 valence electrons. The van der Waals surface area contributed by atoms with Gasteiger partial charge in [0, 0.05) is 38.8 Å². The van der Waals surface area contributed by atoms with Crippen molar-refractivity contribution < 1.29 is 26.4 Å². The summed E-state index contributed by atoms with van der Waals surface area (Å²) in [6.45, 7) is 5.72. The van der Waals surface area contributed by atoms with E-state index in [0.29, 0.717) is 39.1 Å². The number of carbonyl (C=O) groups is 1. The molecule has 30 heavy (non-hydrogen) atoms. The van der Waals surface area contributed by atoms with Gasteiger partial charge in [0.1, 0.15) is 6.04 Å². The maximum atomic E-state index is 13.8. The van der Waals surface area contributed by atoms with E-state index in [1.165, 1.54) is 15.5 Å². The second-order valence-electron chi connectivity index (χ2n) is 8.73. The number of fused-ring (bicyclic) bond motifs is 1. The lowest BCUT2D eigenvalue weighted by Crippen LogP contribution is -2.50. The first kappa shape index (κ1) is 23.7. The van der Waals surface area contributed by atoms with Crippen molar-refractivity contribution in [2.24, 2.45) is 17.8 Å². The Kier molecular flexibility index (Phi) is 7.06. The molecule has 0 bridgehead atoms. The third-order valence-electron chi connectivity index (χ3n) is 7.11. The van der Waals surface area contributed by atoms with E-state index in [-0.39, 0.29) is 11.8 Å². The van der Waals surface area contributed by atoms with E-state index in [4.69, 9.17) is 0 Å². The Morgan fingerprint density at radius 2 is 1.63 bits per heavy atom. The highest BCUT2D eigenvalue weighted by Crippen LogP contribution is 2.43. The number of rotatable bonds is 5. The largest absolute Gasteiger partial charge is 0.406 e. The van der Waals surface area contributed by atoms with Crippen molar-refractivity contribution in [3.63, 3.8) is 0 Å². The van der Waals surface area contributed by atoms with Crippen LogP contribution in [0.15, 0.2) is 0 Å². The molecule has 3 saturated heterocycles. The fourth-order valence-electron chi connectivity index (χ4n) is 5.44. The van der Waals surface area contributed by atoms with Gasteiger partial charge in [-0.25, -0.2) is 23.2 Å². The average Bonchev–Trinajstić information content (AvgIpc) is 3.07. The molecular formula is C19H33F3N4O3S. The minimum atomic E-state index is -4.50. The molecule has 0 saturated carbocycles. The molecule has 11 heteroatoms. The summed E-state index contributed by atoms with van der Waals surface area (Å²) in [6.07, 6.45) is -0.576. The highest BCUT2D eigenvalue weighted by Gasteiger charge is 2.58. The van der Waals surface area contributed by atoms with Crippen LogP contribution in [0.1, 0.15) is 39.5 Å². The van der Waals surface area contributed by atoms with E-state index in [2.05, 4.69) is 5.43 Å². The number of hydrogen-bond acceptors (Lipinski definition) is 5. The predicted octanol–water partition coefficient (Wildman–Crippen LogP) is 1.67. The zero-order valence-electron chi connectivity index (χ0n) is 17.9. The SMILES string of the molecule is CCN(CC)C(=O)C1C2CC(C3CCN(S(C)(=O)=O)CC3)CCN2NC1C(F)(F)F. The van der Waals surface area contributed by atoms with Gasteiger partial charge in [-0.15, -0.1) is 0 Å². The zero-order valence-corrected chi connectivity index (χ0v) is 18.7. The Bertz CT molecular complexity index is 721. The van der Waals surface area contributed by atoms with Gasteiger partial charge < -0.3 is 4.90 Å². The van der Waals surface area contributed by atoms with E-state index in [0.717, 1.165) is 19.3 Å². The molecule has 4 unspecified atom stereocenters. The molecule has 7 nitrogen and oxygen atoms in total. The fraction of sp³-hybridized carbons (Fsp3) is 0.947. The third kappa shape index (κ3) is 4.78. The second-order valence-corrected chi connectivity index (χ2v) is 10.7. The number of carbonyl (C=O) groups excluding carboxylic acids is 1. The maximum Gasteiger partial charge on any atom is 0.406 e. The summed E-state index contributed by atoms with van der Waals surface area (Å²) in [6, 6.07) is -2.35. The van der Waals surface area contributed by atoms with Crippen LogP contribution in [0, 0.1) is 17.8 Å². The van der Waals surface area contributed by atoms with Crippen LogP contribution in [0.3, 0.4) is 0 Å². The zero-order chi connectivity index (χ0) is 22.3. The van der Waals surface area contributed by atoms with Gasteiger partial charge in [-0.3, -0.25) is 4.79 Å². The fourth-order valence-corrected chi connectivity index (χ4v) is 6.32. The lowest BCUT2D eigenvalue weighted by atomic mass is 9.74. The summed E-state index contributed by atoms with van der Waals surface area (Å²) < 4.78 is 66.3. The molecule has 3 aliphatic heterocycles. The second kappa shape index (κ2) is 8.91. The molecule has 0 aromatic rings. The van der Waals surface area contributed by atoms with Gasteiger partial charge in [0.2, 0.25) is 15.9 Å². The van der Waals surface area contributed by atoms with Crippen LogP contribution in [-0.2, 0) is 14.8 Å². The summed E-state index contributed by atoms with van der Waals surface area (Å²) in [5.41, 5.74) is 2.59. The number of halogens is 3. The average molecular weight is 455 g/mol. The van der Waals surface area contributed by atoms with E-state index < -0.39 is 40.1 Å². The molecule has 3 fully saturated rings. The first-order valence-electron chi connectivity index (χ1n) is 10.8. The van der Waals surface area contributed by atoms with Crippen LogP contribution in [0.2, 0.25) is 0 Å². The van der Waals surface area contributed by atoms with Crippen LogP contribution >= 0.6 is 0 Å². The molecular weight excluding hydrogens is 421 g/mol. The van der Waals surface area contributed by atoms with Crippen molar-refractivity contribution in [3.05, 3.63) is 0 Å². The van der Waals surface area contributed by atoms with Crippen LogP contribution in [0.25, 0.3) is 0 Å². The summed E-state index contributed by atoms with van der Waals surface area (Å²) in [5, 5.41) is 1.63. The first-order chi connectivity index (χ1) is 14.0. The molecule has 3 rings (SSSR count). The van der Waals surface area contributed by atoms with Crippen molar-refractivity contribution in [1.29, 1.82) is 0 Å². The summed E-state index contributed by atoms with van der Waals surface area (Å²) in [5.74, 6) is -1.10. The van der Waals surface area contributed by atoms with Gasteiger partial charge >= 0.3 is 6.18 Å². The number of hydrazine groups is 1. The molecule has 4 atom stereocenters. The molecule has 0 aliphatic carbocycles. The summed E-state index contributed by atoms with van der Waals surface area (Å²) in [7, 11) is -3.21. The Balaban J connectivity index is 1.75. The quantitative estimate of drug-likeness (QED) is 0.684. The molecule has 3 heterocycles. The van der Waals surface area contributed by atoms with Gasteiger partial charge in [0.05, 0.1) is 12.2 Å². The topological polar surface area (TPSA) is 73.0 Å². The Morgan fingerprint density at radius 3 is 2.13 bits per heavy atom. The Labute approximate surface area is 177 Å². The van der Waals surface area contributed by atoms with Gasteiger partial charge in [0.25, 0.3) is 0 Å². The monoisotopic (exact) mass is 454 g/mol. The normalized spacial score (nSPS) is 32.2. The summed E-state index contributed by atoms with van der Waals surface area (Å²) >= 11 is 0. The van der Waals surface area contributed by atoms with Crippen molar-refractivity contribution >= 4 is 15.9 Å². The standard InChI is InChI=1S/C19H33F3N4O3S/c1-4-24(5-2)18(27)16-15-12-14(8-11-26(15)23-17(16)19(20,21)22)13-6-9-25(10-7-13)30(3,28)29/h13-17,23H,4-12H2,1-3H3. The van der Waals surface area contributed by atoms with Crippen molar-refractivity contribution in [2.75, 3.05) is 39.0 Å². The maximum absolute atomic E-state index is 13.8. The number of nitrogens with zero attached hydrogens (tertiary/aromatic N) is 3. The minimum absolute atomic E-state index is 0.203.